The van der Waals surface area contributed by atoms with Crippen molar-refractivity contribution >= 4 is 23.6 Å². The molecule has 2 aromatic rings. The third-order valence-corrected chi connectivity index (χ3v) is 6.88. The molecule has 0 aliphatic carbocycles. The van der Waals surface area contributed by atoms with Crippen molar-refractivity contribution in [2.75, 3.05) is 31.9 Å². The number of benzene rings is 1. The van der Waals surface area contributed by atoms with Gasteiger partial charge in [0, 0.05) is 50.9 Å². The molecule has 0 radical (unpaired) electrons. The van der Waals surface area contributed by atoms with Gasteiger partial charge in [-0.05, 0) is 35.7 Å². The summed E-state index contributed by atoms with van der Waals surface area (Å²) < 4.78 is 13.9. The first-order valence-corrected chi connectivity index (χ1v) is 11.2. The van der Waals surface area contributed by atoms with Gasteiger partial charge in [0.15, 0.2) is 0 Å². The highest BCUT2D eigenvalue weighted by atomic mass is 32.2. The molecule has 6 nitrogen and oxygen atoms in total. The van der Waals surface area contributed by atoms with Crippen molar-refractivity contribution in [2.45, 2.75) is 24.3 Å². The van der Waals surface area contributed by atoms with Crippen molar-refractivity contribution in [3.63, 3.8) is 0 Å². The Labute approximate surface area is 179 Å². The molecule has 2 saturated heterocycles. The Bertz CT molecular complexity index is 890. The molecule has 158 valence electrons. The smallest absolute Gasteiger partial charge is 0.246 e. The Kier molecular flexibility index (Phi) is 6.64. The second-order valence-corrected chi connectivity index (χ2v) is 8.87. The summed E-state index contributed by atoms with van der Waals surface area (Å²) in [5.74, 6) is 0.00246. The second-order valence-electron chi connectivity index (χ2n) is 7.64. The van der Waals surface area contributed by atoms with Crippen LogP contribution in [0, 0.1) is 5.82 Å². The first kappa shape index (κ1) is 20.8. The van der Waals surface area contributed by atoms with Crippen LogP contribution in [0.2, 0.25) is 0 Å². The largest absolute Gasteiger partial charge is 0.343 e. The van der Waals surface area contributed by atoms with Gasteiger partial charge in [0.1, 0.15) is 11.9 Å². The molecule has 2 fully saturated rings. The number of aromatic nitrogens is 1. The number of hydrogen-bond acceptors (Lipinski definition) is 5. The lowest BCUT2D eigenvalue weighted by Crippen LogP contribution is -2.58. The molecule has 0 saturated carbocycles. The zero-order valence-electron chi connectivity index (χ0n) is 16.7. The topological polar surface area (TPSA) is 65.5 Å². The van der Waals surface area contributed by atoms with Gasteiger partial charge < -0.3 is 10.2 Å². The van der Waals surface area contributed by atoms with E-state index in [-0.39, 0.29) is 22.9 Å². The SMILES string of the molecule is O=C1N[C@H](C(=O)N2CCN(Cc3ccncc3)CC2)CS[C@H]1Cc1ccccc1F. The Morgan fingerprint density at radius 2 is 1.87 bits per heavy atom. The summed E-state index contributed by atoms with van der Waals surface area (Å²) >= 11 is 1.44. The quantitative estimate of drug-likeness (QED) is 0.786. The van der Waals surface area contributed by atoms with Gasteiger partial charge in [-0.25, -0.2) is 4.39 Å². The molecule has 0 unspecified atom stereocenters. The summed E-state index contributed by atoms with van der Waals surface area (Å²) in [5.41, 5.74) is 1.74. The summed E-state index contributed by atoms with van der Waals surface area (Å²) in [6, 6.07) is 10.0. The Morgan fingerprint density at radius 3 is 2.57 bits per heavy atom. The highest BCUT2D eigenvalue weighted by Gasteiger charge is 2.35. The van der Waals surface area contributed by atoms with Crippen molar-refractivity contribution in [1.82, 2.24) is 20.1 Å². The fraction of sp³-hybridized carbons (Fsp3) is 0.409. The van der Waals surface area contributed by atoms with E-state index in [1.54, 1.807) is 30.6 Å². The van der Waals surface area contributed by atoms with Crippen LogP contribution >= 0.6 is 11.8 Å². The fourth-order valence-corrected chi connectivity index (χ4v) is 5.00. The average molecular weight is 429 g/mol. The molecule has 4 rings (SSSR count). The molecule has 3 heterocycles. The molecule has 2 aliphatic heterocycles. The van der Waals surface area contributed by atoms with Crippen LogP contribution in [0.1, 0.15) is 11.1 Å². The molecule has 2 aliphatic rings. The molecule has 2 atom stereocenters. The van der Waals surface area contributed by atoms with E-state index in [0.717, 1.165) is 19.6 Å². The molecule has 0 spiro atoms. The number of piperazine rings is 1. The molecular weight excluding hydrogens is 403 g/mol. The van der Waals surface area contributed by atoms with Crippen LogP contribution in [0.3, 0.4) is 0 Å². The van der Waals surface area contributed by atoms with E-state index in [9.17, 15) is 14.0 Å². The van der Waals surface area contributed by atoms with E-state index >= 15 is 0 Å². The lowest BCUT2D eigenvalue weighted by atomic mass is 10.1. The number of nitrogens with one attached hydrogen (secondary N) is 1. The summed E-state index contributed by atoms with van der Waals surface area (Å²) in [5, 5.41) is 2.49. The average Bonchev–Trinajstić information content (AvgIpc) is 2.77. The van der Waals surface area contributed by atoms with Gasteiger partial charge in [-0.3, -0.25) is 19.5 Å². The maximum atomic E-state index is 13.9. The molecular formula is C22H25FN4O2S. The van der Waals surface area contributed by atoms with Crippen LogP contribution in [-0.2, 0) is 22.6 Å². The Balaban J connectivity index is 1.26. The first-order chi connectivity index (χ1) is 14.6. The van der Waals surface area contributed by atoms with E-state index in [1.807, 2.05) is 17.0 Å². The van der Waals surface area contributed by atoms with Crippen molar-refractivity contribution < 1.29 is 14.0 Å². The minimum atomic E-state index is -0.508. The maximum Gasteiger partial charge on any atom is 0.246 e. The van der Waals surface area contributed by atoms with Crippen molar-refractivity contribution in [1.29, 1.82) is 0 Å². The van der Waals surface area contributed by atoms with E-state index in [1.165, 1.54) is 23.4 Å². The standard InChI is InChI=1S/C22H25FN4O2S/c23-18-4-2-1-3-17(18)13-20-21(28)25-19(15-30-20)22(29)27-11-9-26(10-12-27)14-16-5-7-24-8-6-16/h1-8,19-20H,9-15H2,(H,25,28)/t19-,20-/m0/s1. The number of amides is 2. The van der Waals surface area contributed by atoms with Crippen LogP contribution in [0.4, 0.5) is 4.39 Å². The number of pyridine rings is 1. The minimum Gasteiger partial charge on any atom is -0.343 e. The van der Waals surface area contributed by atoms with Gasteiger partial charge in [0.25, 0.3) is 0 Å². The van der Waals surface area contributed by atoms with Crippen LogP contribution in [0.15, 0.2) is 48.8 Å². The van der Waals surface area contributed by atoms with Crippen LogP contribution < -0.4 is 5.32 Å². The van der Waals surface area contributed by atoms with Crippen LogP contribution in [0.5, 0.6) is 0 Å². The first-order valence-electron chi connectivity index (χ1n) is 10.2. The summed E-state index contributed by atoms with van der Waals surface area (Å²) in [7, 11) is 0. The highest BCUT2D eigenvalue weighted by Crippen LogP contribution is 2.24. The molecule has 8 heteroatoms. The maximum absolute atomic E-state index is 13.9. The van der Waals surface area contributed by atoms with E-state index in [4.69, 9.17) is 0 Å². The Hall–Kier alpha value is -2.45. The number of thioether (sulfide) groups is 1. The monoisotopic (exact) mass is 428 g/mol. The molecule has 2 amide bonds. The molecule has 1 aromatic carbocycles. The predicted octanol–water partition coefficient (Wildman–Crippen LogP) is 1.71. The zero-order valence-corrected chi connectivity index (χ0v) is 17.5. The van der Waals surface area contributed by atoms with Crippen molar-refractivity contribution in [3.8, 4) is 0 Å². The van der Waals surface area contributed by atoms with Crippen molar-refractivity contribution in [2.24, 2.45) is 0 Å². The number of halogens is 1. The van der Waals surface area contributed by atoms with Crippen LogP contribution in [-0.4, -0.2) is 69.8 Å². The van der Waals surface area contributed by atoms with E-state index in [2.05, 4.69) is 15.2 Å². The zero-order chi connectivity index (χ0) is 20.9. The predicted molar refractivity (Wildman–Crippen MR) is 114 cm³/mol. The van der Waals surface area contributed by atoms with Crippen molar-refractivity contribution in [3.05, 3.63) is 65.7 Å². The number of rotatable bonds is 5. The molecule has 1 N–H and O–H groups in total. The number of carbonyl (C=O) groups is 2. The van der Waals surface area contributed by atoms with Gasteiger partial charge in [-0.2, -0.15) is 0 Å². The molecule has 1 aromatic heterocycles. The second kappa shape index (κ2) is 9.57. The van der Waals surface area contributed by atoms with Gasteiger partial charge in [0.2, 0.25) is 11.8 Å². The fourth-order valence-electron chi connectivity index (χ4n) is 3.84. The van der Waals surface area contributed by atoms with E-state index in [0.29, 0.717) is 30.8 Å². The summed E-state index contributed by atoms with van der Waals surface area (Å²) in [6.45, 7) is 3.76. The van der Waals surface area contributed by atoms with Gasteiger partial charge in [0.05, 0.1) is 5.25 Å². The minimum absolute atomic E-state index is 0.0243. The normalized spacial score (nSPS) is 22.6. The summed E-state index contributed by atoms with van der Waals surface area (Å²) in [4.78, 5) is 33.6. The third kappa shape index (κ3) is 4.99. The number of nitrogens with zero attached hydrogens (tertiary/aromatic N) is 3. The number of carbonyl (C=O) groups excluding carboxylic acids is 2. The molecule has 30 heavy (non-hydrogen) atoms. The summed E-state index contributed by atoms with van der Waals surface area (Å²) in [6.07, 6.45) is 3.91. The Morgan fingerprint density at radius 1 is 1.13 bits per heavy atom. The van der Waals surface area contributed by atoms with Gasteiger partial charge in [-0.1, -0.05) is 18.2 Å². The van der Waals surface area contributed by atoms with Crippen LogP contribution in [0.25, 0.3) is 0 Å². The molecule has 0 bridgehead atoms. The lowest BCUT2D eigenvalue weighted by molar-refractivity contribution is -0.137. The van der Waals surface area contributed by atoms with Gasteiger partial charge >= 0.3 is 0 Å². The lowest BCUT2D eigenvalue weighted by Gasteiger charge is -2.38. The highest BCUT2D eigenvalue weighted by molar-refractivity contribution is 8.00. The third-order valence-electron chi connectivity index (χ3n) is 5.57. The van der Waals surface area contributed by atoms with Gasteiger partial charge in [-0.15, -0.1) is 11.8 Å². The van der Waals surface area contributed by atoms with E-state index < -0.39 is 6.04 Å². The number of hydrogen-bond donors (Lipinski definition) is 1.